The standard InChI is InChI=1S/C13H17ClO2/c1-9-4-5-11(12(14)7-9)13(15)10-3-2-6-16-8-10/h4-5,7,10,13,15H,2-3,6,8H2,1H3. The van der Waals surface area contributed by atoms with E-state index in [2.05, 4.69) is 0 Å². The minimum absolute atomic E-state index is 0.175. The molecule has 2 atom stereocenters. The van der Waals surface area contributed by atoms with Gasteiger partial charge in [0.15, 0.2) is 0 Å². The Morgan fingerprint density at radius 1 is 1.50 bits per heavy atom. The summed E-state index contributed by atoms with van der Waals surface area (Å²) in [6.07, 6.45) is 1.52. The van der Waals surface area contributed by atoms with E-state index in [-0.39, 0.29) is 5.92 Å². The van der Waals surface area contributed by atoms with Crippen LogP contribution in [0.25, 0.3) is 0 Å². The third-order valence-electron chi connectivity index (χ3n) is 3.12. The average molecular weight is 241 g/mol. The summed E-state index contributed by atoms with van der Waals surface area (Å²) in [5.74, 6) is 0.175. The fourth-order valence-corrected chi connectivity index (χ4v) is 2.49. The molecule has 1 aromatic carbocycles. The van der Waals surface area contributed by atoms with Crippen LogP contribution in [0.3, 0.4) is 0 Å². The van der Waals surface area contributed by atoms with Crippen molar-refractivity contribution in [1.82, 2.24) is 0 Å². The molecule has 0 saturated carbocycles. The predicted molar refractivity (Wildman–Crippen MR) is 64.7 cm³/mol. The van der Waals surface area contributed by atoms with Crippen LogP contribution in [-0.4, -0.2) is 18.3 Å². The second kappa shape index (κ2) is 5.17. The highest BCUT2D eigenvalue weighted by Crippen LogP contribution is 2.33. The van der Waals surface area contributed by atoms with Gasteiger partial charge in [-0.3, -0.25) is 0 Å². The first-order valence-electron chi connectivity index (χ1n) is 5.70. The number of aliphatic hydroxyl groups is 1. The van der Waals surface area contributed by atoms with Crippen LogP contribution in [-0.2, 0) is 4.74 Å². The summed E-state index contributed by atoms with van der Waals surface area (Å²) in [5, 5.41) is 10.9. The monoisotopic (exact) mass is 240 g/mol. The Labute approximate surface area is 101 Å². The van der Waals surface area contributed by atoms with Crippen LogP contribution in [0.1, 0.15) is 30.1 Å². The highest BCUT2D eigenvalue weighted by Gasteiger charge is 2.25. The maximum atomic E-state index is 10.3. The van der Waals surface area contributed by atoms with Gasteiger partial charge in [-0.05, 0) is 37.0 Å². The fraction of sp³-hybridized carbons (Fsp3) is 0.538. The van der Waals surface area contributed by atoms with Crippen molar-refractivity contribution in [3.63, 3.8) is 0 Å². The van der Waals surface area contributed by atoms with E-state index in [1.165, 1.54) is 0 Å². The van der Waals surface area contributed by atoms with Crippen LogP contribution in [0.5, 0.6) is 0 Å². The van der Waals surface area contributed by atoms with E-state index in [1.807, 2.05) is 25.1 Å². The summed E-state index contributed by atoms with van der Waals surface area (Å²) < 4.78 is 5.39. The minimum atomic E-state index is -0.506. The Kier molecular flexibility index (Phi) is 3.85. The van der Waals surface area contributed by atoms with Crippen molar-refractivity contribution in [2.45, 2.75) is 25.9 Å². The Bertz CT molecular complexity index is 359. The van der Waals surface area contributed by atoms with Crippen LogP contribution < -0.4 is 0 Å². The van der Waals surface area contributed by atoms with Gasteiger partial charge in [0.2, 0.25) is 0 Å². The zero-order valence-corrected chi connectivity index (χ0v) is 10.2. The van der Waals surface area contributed by atoms with Crippen molar-refractivity contribution in [2.75, 3.05) is 13.2 Å². The third kappa shape index (κ3) is 2.57. The number of aryl methyl sites for hydroxylation is 1. The van der Waals surface area contributed by atoms with Crippen molar-refractivity contribution in [2.24, 2.45) is 5.92 Å². The van der Waals surface area contributed by atoms with E-state index in [0.29, 0.717) is 11.6 Å². The van der Waals surface area contributed by atoms with Gasteiger partial charge in [-0.15, -0.1) is 0 Å². The first-order valence-corrected chi connectivity index (χ1v) is 6.08. The Morgan fingerprint density at radius 3 is 2.94 bits per heavy atom. The Hall–Kier alpha value is -0.570. The molecule has 0 radical (unpaired) electrons. The van der Waals surface area contributed by atoms with Gasteiger partial charge >= 0.3 is 0 Å². The van der Waals surface area contributed by atoms with E-state index < -0.39 is 6.10 Å². The van der Waals surface area contributed by atoms with Crippen LogP contribution in [0.2, 0.25) is 5.02 Å². The number of ether oxygens (including phenoxy) is 1. The molecule has 1 aromatic rings. The van der Waals surface area contributed by atoms with Gasteiger partial charge in [0.05, 0.1) is 12.7 Å². The zero-order chi connectivity index (χ0) is 11.5. The van der Waals surface area contributed by atoms with E-state index in [9.17, 15) is 5.11 Å². The summed E-state index contributed by atoms with van der Waals surface area (Å²) in [6, 6.07) is 5.79. The Balaban J connectivity index is 2.15. The Morgan fingerprint density at radius 2 is 2.31 bits per heavy atom. The van der Waals surface area contributed by atoms with Gasteiger partial charge in [-0.2, -0.15) is 0 Å². The first kappa shape index (κ1) is 11.9. The van der Waals surface area contributed by atoms with Crippen molar-refractivity contribution < 1.29 is 9.84 Å². The van der Waals surface area contributed by atoms with E-state index in [1.54, 1.807) is 0 Å². The number of aliphatic hydroxyl groups excluding tert-OH is 1. The van der Waals surface area contributed by atoms with Gasteiger partial charge in [-0.1, -0.05) is 23.7 Å². The quantitative estimate of drug-likeness (QED) is 0.861. The molecule has 1 heterocycles. The van der Waals surface area contributed by atoms with Crippen molar-refractivity contribution in [3.8, 4) is 0 Å². The van der Waals surface area contributed by atoms with E-state index in [0.717, 1.165) is 30.6 Å². The third-order valence-corrected chi connectivity index (χ3v) is 3.44. The van der Waals surface area contributed by atoms with E-state index >= 15 is 0 Å². The van der Waals surface area contributed by atoms with Crippen LogP contribution >= 0.6 is 11.6 Å². The molecule has 0 aliphatic carbocycles. The second-order valence-corrected chi connectivity index (χ2v) is 4.85. The minimum Gasteiger partial charge on any atom is -0.388 e. The highest BCUT2D eigenvalue weighted by molar-refractivity contribution is 6.31. The molecule has 3 heteroatoms. The molecular weight excluding hydrogens is 224 g/mol. The molecule has 0 amide bonds. The molecule has 2 unspecified atom stereocenters. The number of rotatable bonds is 2. The molecule has 0 aromatic heterocycles. The van der Waals surface area contributed by atoms with Crippen molar-refractivity contribution in [3.05, 3.63) is 34.3 Å². The normalized spacial score (nSPS) is 23.1. The van der Waals surface area contributed by atoms with Gasteiger partial charge in [0, 0.05) is 17.5 Å². The molecule has 2 rings (SSSR count). The molecule has 1 N–H and O–H groups in total. The molecule has 0 spiro atoms. The average Bonchev–Trinajstić information content (AvgIpc) is 2.29. The molecular formula is C13H17ClO2. The van der Waals surface area contributed by atoms with Gasteiger partial charge < -0.3 is 9.84 Å². The maximum absolute atomic E-state index is 10.3. The van der Waals surface area contributed by atoms with Crippen LogP contribution in [0, 0.1) is 12.8 Å². The number of hydrogen-bond donors (Lipinski definition) is 1. The summed E-state index contributed by atoms with van der Waals surface area (Å²) >= 11 is 6.14. The molecule has 88 valence electrons. The largest absolute Gasteiger partial charge is 0.388 e. The van der Waals surface area contributed by atoms with Gasteiger partial charge in [0.25, 0.3) is 0 Å². The van der Waals surface area contributed by atoms with E-state index in [4.69, 9.17) is 16.3 Å². The summed E-state index contributed by atoms with van der Waals surface area (Å²) in [6.45, 7) is 3.43. The maximum Gasteiger partial charge on any atom is 0.0854 e. The molecule has 1 aliphatic heterocycles. The number of halogens is 1. The summed E-state index contributed by atoms with van der Waals surface area (Å²) in [4.78, 5) is 0. The molecule has 2 nitrogen and oxygen atoms in total. The second-order valence-electron chi connectivity index (χ2n) is 4.45. The lowest BCUT2D eigenvalue weighted by Crippen LogP contribution is -2.23. The summed E-state index contributed by atoms with van der Waals surface area (Å²) in [5.41, 5.74) is 1.93. The van der Waals surface area contributed by atoms with Crippen LogP contribution in [0.15, 0.2) is 18.2 Å². The zero-order valence-electron chi connectivity index (χ0n) is 9.45. The molecule has 1 fully saturated rings. The molecule has 1 aliphatic rings. The number of benzene rings is 1. The SMILES string of the molecule is Cc1ccc(C(O)C2CCCOC2)c(Cl)c1. The molecule has 1 saturated heterocycles. The van der Waals surface area contributed by atoms with Crippen LogP contribution in [0.4, 0.5) is 0 Å². The van der Waals surface area contributed by atoms with Crippen molar-refractivity contribution >= 4 is 11.6 Å². The lowest BCUT2D eigenvalue weighted by atomic mass is 9.91. The van der Waals surface area contributed by atoms with Crippen molar-refractivity contribution in [1.29, 1.82) is 0 Å². The molecule has 16 heavy (non-hydrogen) atoms. The first-order chi connectivity index (χ1) is 7.68. The van der Waals surface area contributed by atoms with Gasteiger partial charge in [-0.25, -0.2) is 0 Å². The molecule has 0 bridgehead atoms. The lowest BCUT2D eigenvalue weighted by molar-refractivity contribution is -0.00992. The topological polar surface area (TPSA) is 29.5 Å². The lowest BCUT2D eigenvalue weighted by Gasteiger charge is -2.27. The smallest absolute Gasteiger partial charge is 0.0854 e. The number of hydrogen-bond acceptors (Lipinski definition) is 2. The predicted octanol–water partition coefficient (Wildman–Crippen LogP) is 3.11. The highest BCUT2D eigenvalue weighted by atomic mass is 35.5. The van der Waals surface area contributed by atoms with Gasteiger partial charge in [0.1, 0.15) is 0 Å². The fourth-order valence-electron chi connectivity index (χ4n) is 2.14. The summed E-state index contributed by atoms with van der Waals surface area (Å²) in [7, 11) is 0.